The molecule has 0 aliphatic carbocycles. The molecule has 9 heteroatoms. The molecular weight excluding hydrogens is 290 g/mol. The van der Waals surface area contributed by atoms with Crippen LogP contribution in [0.1, 0.15) is 28.2 Å². The van der Waals surface area contributed by atoms with Crippen LogP contribution in [-0.2, 0) is 10.0 Å². The molecule has 0 fully saturated rings. The number of H-pyrrole nitrogens is 1. The molecule has 3 N–H and O–H groups in total. The number of sulfonamides is 1. The summed E-state index contributed by atoms with van der Waals surface area (Å²) in [6.45, 7) is 1.68. The maximum atomic E-state index is 12.1. The van der Waals surface area contributed by atoms with E-state index in [2.05, 4.69) is 14.9 Å². The van der Waals surface area contributed by atoms with Gasteiger partial charge in [0.1, 0.15) is 5.56 Å². The van der Waals surface area contributed by atoms with E-state index in [1.54, 1.807) is 13.0 Å². The highest BCUT2D eigenvalue weighted by molar-refractivity contribution is 7.89. The third kappa shape index (κ3) is 2.83. The maximum absolute atomic E-state index is 12.1. The van der Waals surface area contributed by atoms with Crippen LogP contribution in [0.25, 0.3) is 0 Å². The first kappa shape index (κ1) is 13.7. The molecule has 0 aliphatic rings. The number of carboxylic acid groups (broad SMARTS) is 1. The van der Waals surface area contributed by atoms with Gasteiger partial charge in [0.05, 0.1) is 12.2 Å². The Morgan fingerprint density at radius 3 is 2.89 bits per heavy atom. The van der Waals surface area contributed by atoms with Crippen molar-refractivity contribution >= 4 is 27.3 Å². The number of nitrogens with one attached hydrogen (secondary N) is 2. The molecule has 0 radical (unpaired) electrons. The number of carbonyl (C=O) groups is 1. The number of aromatic amines is 1. The van der Waals surface area contributed by atoms with Crippen molar-refractivity contribution in [1.82, 2.24) is 14.9 Å². The van der Waals surface area contributed by atoms with Crippen molar-refractivity contribution in [1.29, 1.82) is 0 Å². The predicted octanol–water partition coefficient (Wildman–Crippen LogP) is 1.21. The molecule has 2 heterocycles. The van der Waals surface area contributed by atoms with Gasteiger partial charge in [0.25, 0.3) is 10.0 Å². The second kappa shape index (κ2) is 5.11. The van der Waals surface area contributed by atoms with Crippen molar-refractivity contribution in [2.45, 2.75) is 18.0 Å². The molecule has 102 valence electrons. The third-order valence-electron chi connectivity index (χ3n) is 2.41. The minimum absolute atomic E-state index is 0.383. The van der Waals surface area contributed by atoms with Gasteiger partial charge in [-0.2, -0.15) is 5.10 Å². The molecule has 0 saturated carbocycles. The summed E-state index contributed by atoms with van der Waals surface area (Å²) >= 11 is 1.41. The predicted molar refractivity (Wildman–Crippen MR) is 68.6 cm³/mol. The van der Waals surface area contributed by atoms with Gasteiger partial charge in [-0.1, -0.05) is 6.07 Å². The van der Waals surface area contributed by atoms with E-state index >= 15 is 0 Å². The summed E-state index contributed by atoms with van der Waals surface area (Å²) in [5.41, 5.74) is -0.383. The minimum Gasteiger partial charge on any atom is -0.478 e. The van der Waals surface area contributed by atoms with Gasteiger partial charge in [-0.3, -0.25) is 5.10 Å². The Bertz CT molecular complexity index is 675. The lowest BCUT2D eigenvalue weighted by molar-refractivity contribution is 0.0692. The van der Waals surface area contributed by atoms with Gasteiger partial charge >= 0.3 is 5.97 Å². The largest absolute Gasteiger partial charge is 0.478 e. The van der Waals surface area contributed by atoms with Crippen LogP contribution in [0.15, 0.2) is 28.7 Å². The van der Waals surface area contributed by atoms with E-state index in [-0.39, 0.29) is 5.56 Å². The lowest BCUT2D eigenvalue weighted by atomic mass is 10.3. The topological polar surface area (TPSA) is 112 Å². The molecule has 19 heavy (non-hydrogen) atoms. The van der Waals surface area contributed by atoms with Crippen molar-refractivity contribution in [3.05, 3.63) is 34.2 Å². The van der Waals surface area contributed by atoms with E-state index in [0.717, 1.165) is 11.1 Å². The quantitative estimate of drug-likeness (QED) is 0.768. The van der Waals surface area contributed by atoms with Gasteiger partial charge in [-0.15, -0.1) is 11.3 Å². The van der Waals surface area contributed by atoms with Crippen molar-refractivity contribution in [2.24, 2.45) is 0 Å². The average molecular weight is 301 g/mol. The van der Waals surface area contributed by atoms with Crippen LogP contribution in [0.3, 0.4) is 0 Å². The van der Waals surface area contributed by atoms with Crippen LogP contribution in [-0.4, -0.2) is 29.7 Å². The molecule has 0 amide bonds. The molecule has 0 unspecified atom stereocenters. The number of hydrogen-bond acceptors (Lipinski definition) is 5. The Morgan fingerprint density at radius 1 is 1.58 bits per heavy atom. The average Bonchev–Trinajstić information content (AvgIpc) is 3.00. The Labute approximate surface area is 113 Å². The van der Waals surface area contributed by atoms with Crippen molar-refractivity contribution in [3.8, 4) is 0 Å². The van der Waals surface area contributed by atoms with Crippen LogP contribution in [0.4, 0.5) is 0 Å². The van der Waals surface area contributed by atoms with Gasteiger partial charge in [0, 0.05) is 4.88 Å². The number of aromatic carboxylic acids is 1. The van der Waals surface area contributed by atoms with Gasteiger partial charge in [-0.25, -0.2) is 17.9 Å². The smallest absolute Gasteiger partial charge is 0.340 e. The number of aromatic nitrogens is 2. The van der Waals surface area contributed by atoms with E-state index < -0.39 is 27.1 Å². The zero-order chi connectivity index (χ0) is 14.0. The first-order valence-electron chi connectivity index (χ1n) is 5.24. The molecule has 7 nitrogen and oxygen atoms in total. The zero-order valence-corrected chi connectivity index (χ0v) is 11.5. The molecule has 0 bridgehead atoms. The van der Waals surface area contributed by atoms with Crippen LogP contribution in [0, 0.1) is 0 Å². The van der Waals surface area contributed by atoms with Gasteiger partial charge in [0.15, 0.2) is 5.03 Å². The minimum atomic E-state index is -3.96. The van der Waals surface area contributed by atoms with Crippen LogP contribution < -0.4 is 4.72 Å². The molecule has 2 aromatic heterocycles. The molecule has 2 rings (SSSR count). The monoisotopic (exact) mass is 301 g/mol. The summed E-state index contributed by atoms with van der Waals surface area (Å²) in [4.78, 5) is 11.7. The standard InChI is InChI=1S/C10H11N3O4S2/c1-6(8-3-2-4-18-8)13-19(16,17)9-7(10(14)15)5-11-12-9/h2-6,13H,1H3,(H,11,12)(H,14,15)/t6-/m1/s1. The first-order valence-corrected chi connectivity index (χ1v) is 7.60. The summed E-state index contributed by atoms with van der Waals surface area (Å²) in [5, 5.41) is 15.9. The summed E-state index contributed by atoms with van der Waals surface area (Å²) in [5.74, 6) is -1.35. The van der Waals surface area contributed by atoms with Crippen LogP contribution in [0.2, 0.25) is 0 Å². The van der Waals surface area contributed by atoms with Crippen molar-refractivity contribution in [2.75, 3.05) is 0 Å². The fourth-order valence-electron chi connectivity index (χ4n) is 1.52. The molecule has 2 aromatic rings. The molecule has 0 aliphatic heterocycles. The third-order valence-corrected chi connectivity index (χ3v) is 4.97. The number of rotatable bonds is 5. The van der Waals surface area contributed by atoms with E-state index in [1.165, 1.54) is 11.3 Å². The molecule has 0 spiro atoms. The normalized spacial score (nSPS) is 13.3. The van der Waals surface area contributed by atoms with Crippen molar-refractivity contribution < 1.29 is 18.3 Å². The second-order valence-electron chi connectivity index (χ2n) is 3.78. The fourth-order valence-corrected chi connectivity index (χ4v) is 3.64. The van der Waals surface area contributed by atoms with Gasteiger partial charge in [0.2, 0.25) is 0 Å². The van der Waals surface area contributed by atoms with Crippen LogP contribution >= 0.6 is 11.3 Å². The highest BCUT2D eigenvalue weighted by atomic mass is 32.2. The Morgan fingerprint density at radius 2 is 2.32 bits per heavy atom. The highest BCUT2D eigenvalue weighted by Gasteiger charge is 2.26. The molecular formula is C10H11N3O4S2. The molecule has 0 saturated heterocycles. The Balaban J connectivity index is 2.28. The van der Waals surface area contributed by atoms with E-state index in [4.69, 9.17) is 5.11 Å². The number of hydrogen-bond donors (Lipinski definition) is 3. The van der Waals surface area contributed by atoms with Crippen LogP contribution in [0.5, 0.6) is 0 Å². The Hall–Kier alpha value is -1.71. The highest BCUT2D eigenvalue weighted by Crippen LogP contribution is 2.21. The summed E-state index contributed by atoms with van der Waals surface area (Å²) < 4.78 is 26.6. The van der Waals surface area contributed by atoms with E-state index in [9.17, 15) is 13.2 Å². The Kier molecular flexibility index (Phi) is 3.69. The van der Waals surface area contributed by atoms with Gasteiger partial charge < -0.3 is 5.11 Å². The van der Waals surface area contributed by atoms with E-state index in [1.807, 2.05) is 11.4 Å². The first-order chi connectivity index (χ1) is 8.92. The fraction of sp³-hybridized carbons (Fsp3) is 0.200. The SMILES string of the molecule is C[C@@H](NS(=O)(=O)c1[nH]ncc1C(=O)O)c1cccs1. The van der Waals surface area contributed by atoms with E-state index in [0.29, 0.717) is 0 Å². The summed E-state index contributed by atoms with van der Waals surface area (Å²) in [7, 11) is -3.96. The lowest BCUT2D eigenvalue weighted by Crippen LogP contribution is -2.28. The zero-order valence-electron chi connectivity index (χ0n) is 9.82. The number of carboxylic acids is 1. The number of thiophene rings is 1. The summed E-state index contributed by atoms with van der Waals surface area (Å²) in [6.07, 6.45) is 0.965. The van der Waals surface area contributed by atoms with Crippen molar-refractivity contribution in [3.63, 3.8) is 0 Å². The molecule has 1 atom stereocenters. The summed E-state index contributed by atoms with van der Waals surface area (Å²) in [6, 6.07) is 3.15. The van der Waals surface area contributed by atoms with Gasteiger partial charge in [-0.05, 0) is 18.4 Å². The second-order valence-corrected chi connectivity index (χ2v) is 6.41. The number of nitrogens with zero attached hydrogens (tertiary/aromatic N) is 1. The molecule has 0 aromatic carbocycles. The lowest BCUT2D eigenvalue weighted by Gasteiger charge is -2.11. The maximum Gasteiger partial charge on any atom is 0.340 e.